The van der Waals surface area contributed by atoms with E-state index in [0.717, 1.165) is 11.1 Å². The van der Waals surface area contributed by atoms with E-state index in [2.05, 4.69) is 4.72 Å². The highest BCUT2D eigenvalue weighted by molar-refractivity contribution is 7.83. The van der Waals surface area contributed by atoms with Crippen molar-refractivity contribution in [3.8, 4) is 11.5 Å². The van der Waals surface area contributed by atoms with Crippen molar-refractivity contribution < 1.29 is 13.7 Å². The molecule has 0 aliphatic carbocycles. The van der Waals surface area contributed by atoms with Gasteiger partial charge in [-0.2, -0.15) is 0 Å². The van der Waals surface area contributed by atoms with Crippen molar-refractivity contribution >= 4 is 22.6 Å². The zero-order valence-electron chi connectivity index (χ0n) is 12.7. The van der Waals surface area contributed by atoms with Gasteiger partial charge in [-0.1, -0.05) is 23.7 Å². The van der Waals surface area contributed by atoms with E-state index in [1.54, 1.807) is 38.5 Å². The summed E-state index contributed by atoms with van der Waals surface area (Å²) < 4.78 is 26.1. The Labute approximate surface area is 138 Å². The minimum Gasteiger partial charge on any atom is -0.496 e. The summed E-state index contributed by atoms with van der Waals surface area (Å²) >= 11 is 5.85. The van der Waals surface area contributed by atoms with Crippen molar-refractivity contribution in [2.75, 3.05) is 14.2 Å². The molecule has 0 spiro atoms. The van der Waals surface area contributed by atoms with Crippen LogP contribution in [0.2, 0.25) is 5.02 Å². The topological polar surface area (TPSA) is 47.6 Å². The lowest BCUT2D eigenvalue weighted by Crippen LogP contribution is -2.17. The van der Waals surface area contributed by atoms with Gasteiger partial charge in [0.15, 0.2) is 0 Å². The molecule has 118 valence electrons. The first-order chi connectivity index (χ1) is 10.6. The van der Waals surface area contributed by atoms with Gasteiger partial charge in [-0.25, -0.2) is 8.93 Å². The van der Waals surface area contributed by atoms with Crippen molar-refractivity contribution in [2.24, 2.45) is 0 Å². The van der Waals surface area contributed by atoms with Crippen LogP contribution in [0.5, 0.6) is 11.5 Å². The van der Waals surface area contributed by atoms with E-state index in [1.165, 1.54) is 0 Å². The number of benzene rings is 2. The Balaban J connectivity index is 2.15. The molecule has 0 aliphatic rings. The molecule has 0 amide bonds. The molecule has 0 saturated carbocycles. The Morgan fingerprint density at radius 1 is 1.09 bits per heavy atom. The maximum absolute atomic E-state index is 12.5. The van der Waals surface area contributed by atoms with Crippen LogP contribution in [0.25, 0.3) is 0 Å². The van der Waals surface area contributed by atoms with Gasteiger partial charge in [-0.3, -0.25) is 0 Å². The average molecular weight is 340 g/mol. The summed E-state index contributed by atoms with van der Waals surface area (Å²) in [6.07, 6.45) is 0. The van der Waals surface area contributed by atoms with Crippen LogP contribution in [-0.4, -0.2) is 18.4 Å². The minimum absolute atomic E-state index is 0.470. The van der Waals surface area contributed by atoms with E-state index >= 15 is 0 Å². The molecular formula is C16H18ClNO3S. The van der Waals surface area contributed by atoms with E-state index in [1.807, 2.05) is 19.1 Å². The van der Waals surface area contributed by atoms with Gasteiger partial charge in [0.2, 0.25) is 0 Å². The summed E-state index contributed by atoms with van der Waals surface area (Å²) in [6.45, 7) is 2.34. The lowest BCUT2D eigenvalue weighted by molar-refractivity contribution is 0.381. The number of methoxy groups -OCH3 is 2. The Kier molecular flexibility index (Phi) is 5.83. The highest BCUT2D eigenvalue weighted by atomic mass is 35.5. The molecule has 22 heavy (non-hydrogen) atoms. The highest BCUT2D eigenvalue weighted by Crippen LogP contribution is 2.32. The lowest BCUT2D eigenvalue weighted by Gasteiger charge is -2.14. The van der Waals surface area contributed by atoms with E-state index in [0.29, 0.717) is 28.0 Å². The molecule has 0 bridgehead atoms. The summed E-state index contributed by atoms with van der Waals surface area (Å²) in [5, 5.41) is 0.678. The fraction of sp³-hybridized carbons (Fsp3) is 0.250. The first kappa shape index (κ1) is 16.8. The van der Waals surface area contributed by atoms with E-state index in [4.69, 9.17) is 21.1 Å². The summed E-state index contributed by atoms with van der Waals surface area (Å²) in [6, 6.07) is 10.9. The molecule has 1 N–H and O–H groups in total. The molecular weight excluding hydrogens is 322 g/mol. The molecule has 0 saturated heterocycles. The number of nitrogens with one attached hydrogen (secondary N) is 1. The van der Waals surface area contributed by atoms with Crippen LogP contribution >= 0.6 is 11.6 Å². The van der Waals surface area contributed by atoms with E-state index < -0.39 is 11.0 Å². The first-order valence-electron chi connectivity index (χ1n) is 6.68. The quantitative estimate of drug-likeness (QED) is 0.876. The smallest absolute Gasteiger partial charge is 0.142 e. The van der Waals surface area contributed by atoms with Crippen molar-refractivity contribution in [3.63, 3.8) is 0 Å². The molecule has 1 unspecified atom stereocenters. The number of hydrogen-bond donors (Lipinski definition) is 1. The third-order valence-corrected chi connectivity index (χ3v) is 4.64. The number of ether oxygens (including phenoxy) is 2. The molecule has 2 aromatic rings. The van der Waals surface area contributed by atoms with Crippen LogP contribution < -0.4 is 14.2 Å². The first-order valence-corrected chi connectivity index (χ1v) is 8.21. The van der Waals surface area contributed by atoms with Gasteiger partial charge in [0.05, 0.1) is 19.1 Å². The van der Waals surface area contributed by atoms with Gasteiger partial charge < -0.3 is 9.47 Å². The summed E-state index contributed by atoms with van der Waals surface area (Å²) in [5.41, 5.74) is 1.83. The summed E-state index contributed by atoms with van der Waals surface area (Å²) in [5.74, 6) is 1.27. The van der Waals surface area contributed by atoms with Crippen LogP contribution in [0.1, 0.15) is 11.1 Å². The van der Waals surface area contributed by atoms with Gasteiger partial charge in [0.1, 0.15) is 22.5 Å². The third kappa shape index (κ3) is 3.80. The van der Waals surface area contributed by atoms with Crippen LogP contribution in [0.3, 0.4) is 0 Å². The van der Waals surface area contributed by atoms with Gasteiger partial charge >= 0.3 is 0 Å². The van der Waals surface area contributed by atoms with Crippen molar-refractivity contribution in [2.45, 2.75) is 18.4 Å². The fourth-order valence-electron chi connectivity index (χ4n) is 2.10. The maximum Gasteiger partial charge on any atom is 0.142 e. The minimum atomic E-state index is -1.38. The number of hydrogen-bond acceptors (Lipinski definition) is 3. The summed E-state index contributed by atoms with van der Waals surface area (Å²) in [4.78, 5) is 0.592. The normalized spacial score (nSPS) is 12.0. The van der Waals surface area contributed by atoms with Gasteiger partial charge in [0.25, 0.3) is 0 Å². The Hall–Kier alpha value is -1.56. The van der Waals surface area contributed by atoms with Gasteiger partial charge in [-0.15, -0.1) is 0 Å². The third-order valence-electron chi connectivity index (χ3n) is 3.26. The Bertz CT molecular complexity index is 674. The van der Waals surface area contributed by atoms with Crippen molar-refractivity contribution in [1.29, 1.82) is 0 Å². The molecule has 0 heterocycles. The van der Waals surface area contributed by atoms with Crippen LogP contribution in [0.4, 0.5) is 0 Å². The molecule has 0 aliphatic heterocycles. The highest BCUT2D eigenvalue weighted by Gasteiger charge is 2.16. The van der Waals surface area contributed by atoms with E-state index in [-0.39, 0.29) is 0 Å². The predicted molar refractivity (Wildman–Crippen MR) is 89.0 cm³/mol. The summed E-state index contributed by atoms with van der Waals surface area (Å²) in [7, 11) is 1.77. The molecule has 0 aromatic heterocycles. The largest absolute Gasteiger partial charge is 0.496 e. The lowest BCUT2D eigenvalue weighted by atomic mass is 10.2. The SMILES string of the molecule is COc1ccc(S(=O)NCc2ccc(Cl)cc2)c(OC)c1C. The molecule has 2 rings (SSSR count). The second kappa shape index (κ2) is 7.63. The Morgan fingerprint density at radius 3 is 2.36 bits per heavy atom. The van der Waals surface area contributed by atoms with Crippen molar-refractivity contribution in [1.82, 2.24) is 4.72 Å². The molecule has 6 heteroatoms. The average Bonchev–Trinajstić information content (AvgIpc) is 2.53. The standard InChI is InChI=1S/C16H18ClNO3S/c1-11-14(20-2)8-9-15(16(11)21-3)22(19)18-10-12-4-6-13(17)7-5-12/h4-9,18H,10H2,1-3H3. The van der Waals surface area contributed by atoms with Gasteiger partial charge in [-0.05, 0) is 36.8 Å². The molecule has 1 atom stereocenters. The zero-order valence-corrected chi connectivity index (χ0v) is 14.3. The molecule has 0 radical (unpaired) electrons. The molecule has 2 aromatic carbocycles. The number of halogens is 1. The van der Waals surface area contributed by atoms with Crippen molar-refractivity contribution in [3.05, 3.63) is 52.5 Å². The Morgan fingerprint density at radius 2 is 1.77 bits per heavy atom. The fourth-order valence-corrected chi connectivity index (χ4v) is 3.27. The molecule has 4 nitrogen and oxygen atoms in total. The predicted octanol–water partition coefficient (Wildman–Crippen LogP) is 3.48. The number of rotatable bonds is 6. The maximum atomic E-state index is 12.5. The zero-order chi connectivity index (χ0) is 16.1. The van der Waals surface area contributed by atoms with Crippen LogP contribution in [-0.2, 0) is 17.5 Å². The van der Waals surface area contributed by atoms with Gasteiger partial charge in [0, 0.05) is 17.1 Å². The second-order valence-corrected chi connectivity index (χ2v) is 6.34. The monoisotopic (exact) mass is 339 g/mol. The van der Waals surface area contributed by atoms with Crippen LogP contribution in [0, 0.1) is 6.92 Å². The van der Waals surface area contributed by atoms with Crippen LogP contribution in [0.15, 0.2) is 41.3 Å². The second-order valence-electron chi connectivity index (χ2n) is 4.64. The van der Waals surface area contributed by atoms with E-state index in [9.17, 15) is 4.21 Å². The molecule has 0 fully saturated rings.